The minimum absolute atomic E-state index is 0.109. The Hall–Kier alpha value is -1.16. The van der Waals surface area contributed by atoms with Crippen molar-refractivity contribution >= 4 is 17.7 Å². The van der Waals surface area contributed by atoms with Crippen molar-refractivity contribution in [1.82, 2.24) is 4.90 Å². The van der Waals surface area contributed by atoms with Gasteiger partial charge in [0.2, 0.25) is 0 Å². The zero-order chi connectivity index (χ0) is 11.1. The molecule has 0 N–H and O–H groups in total. The number of likely N-dealkylation sites (tertiary alicyclic amines) is 1. The summed E-state index contributed by atoms with van der Waals surface area (Å²) in [6, 6.07) is 7.93. The predicted octanol–water partition coefficient (Wildman–Crippen LogP) is 1.77. The van der Waals surface area contributed by atoms with Crippen molar-refractivity contribution in [3.8, 4) is 5.75 Å². The lowest BCUT2D eigenvalue weighted by atomic mass is 10.1. The third-order valence-corrected chi connectivity index (χ3v) is 4.46. The number of likely N-dealkylation sites (N-methyl/N-ethyl adjacent to an activating group) is 1. The first-order chi connectivity index (χ1) is 7.75. The summed E-state index contributed by atoms with van der Waals surface area (Å²) in [4.78, 5) is 14.9. The molecule has 16 heavy (non-hydrogen) atoms. The lowest BCUT2D eigenvalue weighted by Gasteiger charge is -2.38. The molecule has 0 bridgehead atoms. The summed E-state index contributed by atoms with van der Waals surface area (Å²) < 4.78 is 5.81. The van der Waals surface area contributed by atoms with Crippen LogP contribution in [-0.4, -0.2) is 35.8 Å². The van der Waals surface area contributed by atoms with Crippen LogP contribution in [0.1, 0.15) is 6.42 Å². The molecule has 0 saturated carbocycles. The zero-order valence-electron chi connectivity index (χ0n) is 9.05. The standard InChI is InChI=1S/C12H13NO2S/c1-13-7-6-10-11(12(13)14)15-8-4-2-3-5-9(8)16-10/h2-5,10-11H,6-7H2,1H3. The van der Waals surface area contributed by atoms with E-state index in [1.165, 1.54) is 0 Å². The summed E-state index contributed by atoms with van der Waals surface area (Å²) in [6.07, 6.45) is 0.713. The highest BCUT2D eigenvalue weighted by molar-refractivity contribution is 8.00. The smallest absolute Gasteiger partial charge is 0.264 e. The fraction of sp³-hybridized carbons (Fsp3) is 0.417. The molecular weight excluding hydrogens is 222 g/mol. The van der Waals surface area contributed by atoms with Gasteiger partial charge in [0.1, 0.15) is 5.75 Å². The van der Waals surface area contributed by atoms with Gasteiger partial charge in [-0.2, -0.15) is 0 Å². The number of fused-ring (bicyclic) bond motifs is 2. The molecule has 4 heteroatoms. The molecule has 3 rings (SSSR count). The first-order valence-corrected chi connectivity index (χ1v) is 6.31. The zero-order valence-corrected chi connectivity index (χ0v) is 9.87. The summed E-state index contributed by atoms with van der Waals surface area (Å²) in [7, 11) is 1.84. The van der Waals surface area contributed by atoms with Gasteiger partial charge in [-0.25, -0.2) is 0 Å². The number of rotatable bonds is 0. The molecule has 1 aromatic rings. The first-order valence-electron chi connectivity index (χ1n) is 5.43. The number of carbonyl (C=O) groups excluding carboxylic acids is 1. The van der Waals surface area contributed by atoms with Crippen LogP contribution < -0.4 is 4.74 Å². The van der Waals surface area contributed by atoms with Gasteiger partial charge >= 0.3 is 0 Å². The van der Waals surface area contributed by atoms with Crippen molar-refractivity contribution in [3.05, 3.63) is 24.3 Å². The summed E-state index contributed by atoms with van der Waals surface area (Å²) in [5, 5.41) is 0.276. The van der Waals surface area contributed by atoms with E-state index in [2.05, 4.69) is 6.07 Å². The van der Waals surface area contributed by atoms with E-state index in [9.17, 15) is 4.79 Å². The Labute approximate surface area is 98.8 Å². The van der Waals surface area contributed by atoms with Crippen LogP contribution >= 0.6 is 11.8 Å². The number of hydrogen-bond donors (Lipinski definition) is 0. The van der Waals surface area contributed by atoms with Crippen molar-refractivity contribution in [3.63, 3.8) is 0 Å². The SMILES string of the molecule is CN1CCC2Sc3ccccc3OC2C1=O. The van der Waals surface area contributed by atoms with E-state index >= 15 is 0 Å². The fourth-order valence-electron chi connectivity index (χ4n) is 2.15. The molecule has 84 valence electrons. The molecule has 2 heterocycles. The average molecular weight is 235 g/mol. The van der Waals surface area contributed by atoms with E-state index in [0.29, 0.717) is 0 Å². The van der Waals surface area contributed by atoms with Gasteiger partial charge < -0.3 is 9.64 Å². The quantitative estimate of drug-likeness (QED) is 0.686. The normalized spacial score (nSPS) is 28.1. The van der Waals surface area contributed by atoms with E-state index < -0.39 is 0 Å². The summed E-state index contributed by atoms with van der Waals surface area (Å²) in [6.45, 7) is 0.832. The number of hydrogen-bond acceptors (Lipinski definition) is 3. The minimum Gasteiger partial charge on any atom is -0.478 e. The molecule has 1 saturated heterocycles. The van der Waals surface area contributed by atoms with Crippen LogP contribution in [0, 0.1) is 0 Å². The third kappa shape index (κ3) is 1.48. The Morgan fingerprint density at radius 1 is 1.44 bits per heavy atom. The van der Waals surface area contributed by atoms with Crippen molar-refractivity contribution < 1.29 is 9.53 Å². The van der Waals surface area contributed by atoms with Gasteiger partial charge in [-0.05, 0) is 18.6 Å². The average Bonchev–Trinajstić information content (AvgIpc) is 2.32. The summed E-state index contributed by atoms with van der Waals surface area (Å²) in [5.41, 5.74) is 0. The summed E-state index contributed by atoms with van der Waals surface area (Å²) in [5.74, 6) is 0.954. The molecule has 1 amide bonds. The maximum absolute atomic E-state index is 12.0. The molecule has 1 fully saturated rings. The molecule has 3 nitrogen and oxygen atoms in total. The molecule has 0 spiro atoms. The number of para-hydroxylation sites is 1. The van der Waals surface area contributed by atoms with E-state index in [1.54, 1.807) is 16.7 Å². The molecule has 2 aliphatic rings. The molecule has 1 aromatic carbocycles. The highest BCUT2D eigenvalue weighted by Crippen LogP contribution is 2.42. The van der Waals surface area contributed by atoms with Crippen molar-refractivity contribution in [1.29, 1.82) is 0 Å². The van der Waals surface area contributed by atoms with Crippen LogP contribution in [0.2, 0.25) is 0 Å². The predicted molar refractivity (Wildman–Crippen MR) is 62.8 cm³/mol. The maximum atomic E-state index is 12.0. The number of nitrogens with zero attached hydrogens (tertiary/aromatic N) is 1. The van der Waals surface area contributed by atoms with Gasteiger partial charge in [0.05, 0.1) is 5.25 Å². The number of amides is 1. The minimum atomic E-state index is -0.293. The number of benzene rings is 1. The monoisotopic (exact) mass is 235 g/mol. The van der Waals surface area contributed by atoms with Crippen molar-refractivity contribution in [2.24, 2.45) is 0 Å². The van der Waals surface area contributed by atoms with Gasteiger partial charge in [-0.1, -0.05) is 12.1 Å². The molecule has 2 atom stereocenters. The van der Waals surface area contributed by atoms with Crippen molar-refractivity contribution in [2.45, 2.75) is 22.7 Å². The second kappa shape index (κ2) is 3.70. The van der Waals surface area contributed by atoms with E-state index in [4.69, 9.17) is 4.74 Å². The number of thioether (sulfide) groups is 1. The van der Waals surface area contributed by atoms with Gasteiger partial charge in [-0.15, -0.1) is 11.8 Å². The molecule has 2 unspecified atom stereocenters. The summed E-state index contributed by atoms with van der Waals surface area (Å²) >= 11 is 1.77. The van der Waals surface area contributed by atoms with Crippen LogP contribution in [-0.2, 0) is 4.79 Å². The van der Waals surface area contributed by atoms with Crippen LogP contribution in [0.4, 0.5) is 0 Å². The number of carbonyl (C=O) groups is 1. The van der Waals surface area contributed by atoms with Crippen LogP contribution in [0.5, 0.6) is 5.75 Å². The largest absolute Gasteiger partial charge is 0.478 e. The van der Waals surface area contributed by atoms with E-state index in [-0.39, 0.29) is 17.3 Å². The van der Waals surface area contributed by atoms with Gasteiger partial charge in [0.15, 0.2) is 6.10 Å². The van der Waals surface area contributed by atoms with Crippen LogP contribution in [0.15, 0.2) is 29.2 Å². The number of piperidine rings is 1. The second-order valence-corrected chi connectivity index (χ2v) is 5.47. The van der Waals surface area contributed by atoms with Gasteiger partial charge in [0.25, 0.3) is 5.91 Å². The third-order valence-electron chi connectivity index (χ3n) is 3.09. The molecule has 0 aromatic heterocycles. The Kier molecular flexibility index (Phi) is 2.32. The molecular formula is C12H13NO2S. The number of ether oxygens (including phenoxy) is 1. The van der Waals surface area contributed by atoms with E-state index in [0.717, 1.165) is 23.6 Å². The lowest BCUT2D eigenvalue weighted by molar-refractivity contribution is -0.140. The first kappa shape index (κ1) is 10.0. The molecule has 2 aliphatic heterocycles. The Bertz CT molecular complexity index is 435. The van der Waals surface area contributed by atoms with Crippen LogP contribution in [0.3, 0.4) is 0 Å². The van der Waals surface area contributed by atoms with E-state index in [1.807, 2.05) is 25.2 Å². The van der Waals surface area contributed by atoms with Crippen molar-refractivity contribution in [2.75, 3.05) is 13.6 Å². The lowest BCUT2D eigenvalue weighted by Crippen LogP contribution is -2.52. The van der Waals surface area contributed by atoms with Gasteiger partial charge in [0, 0.05) is 18.5 Å². The second-order valence-electron chi connectivity index (χ2n) is 4.19. The maximum Gasteiger partial charge on any atom is 0.264 e. The molecule has 0 radical (unpaired) electrons. The fourth-order valence-corrected chi connectivity index (χ4v) is 3.38. The Morgan fingerprint density at radius 3 is 3.12 bits per heavy atom. The Morgan fingerprint density at radius 2 is 2.25 bits per heavy atom. The highest BCUT2D eigenvalue weighted by atomic mass is 32.2. The molecule has 0 aliphatic carbocycles. The van der Waals surface area contributed by atoms with Gasteiger partial charge in [-0.3, -0.25) is 4.79 Å². The Balaban J connectivity index is 1.93. The topological polar surface area (TPSA) is 29.5 Å². The highest BCUT2D eigenvalue weighted by Gasteiger charge is 2.40. The van der Waals surface area contributed by atoms with Crippen LogP contribution in [0.25, 0.3) is 0 Å².